The Morgan fingerprint density at radius 3 is 2.33 bits per heavy atom. The smallest absolute Gasteiger partial charge is 0.365 e. The highest BCUT2D eigenvalue weighted by molar-refractivity contribution is 6.31. The van der Waals surface area contributed by atoms with Gasteiger partial charge in [0.1, 0.15) is 0 Å². The zero-order valence-corrected chi connectivity index (χ0v) is 12.3. The van der Waals surface area contributed by atoms with Crippen molar-refractivity contribution in [2.75, 3.05) is 4.90 Å². The topological polar surface area (TPSA) is 29.3 Å². The quantitative estimate of drug-likeness (QED) is 0.840. The summed E-state index contributed by atoms with van der Waals surface area (Å²) in [6, 6.07) is 4.88. The first-order chi connectivity index (χ1) is 9.86. The Hall–Kier alpha value is -0.940. The van der Waals surface area contributed by atoms with Crippen LogP contribution in [0.15, 0.2) is 18.2 Å². The predicted octanol–water partition coefficient (Wildman–Crippen LogP) is 4.21. The van der Waals surface area contributed by atoms with Crippen LogP contribution in [0.3, 0.4) is 0 Å². The lowest BCUT2D eigenvalue weighted by atomic mass is 9.81. The van der Waals surface area contributed by atoms with Gasteiger partial charge in [-0.05, 0) is 50.3 Å². The molecule has 1 aromatic rings. The molecule has 21 heavy (non-hydrogen) atoms. The number of benzene rings is 1. The molecule has 116 valence electrons. The number of nitrogens with zero attached hydrogens (tertiary/aromatic N) is 1. The molecule has 0 radical (unpaired) electrons. The van der Waals surface area contributed by atoms with Gasteiger partial charge in [-0.2, -0.15) is 13.2 Å². The van der Waals surface area contributed by atoms with E-state index in [0.717, 1.165) is 32.1 Å². The van der Waals surface area contributed by atoms with Crippen molar-refractivity contribution in [3.63, 3.8) is 0 Å². The molecule has 6 heteroatoms. The first-order valence-corrected chi connectivity index (χ1v) is 7.64. The van der Waals surface area contributed by atoms with Gasteiger partial charge in [0.05, 0.1) is 10.6 Å². The molecular formula is C15H18ClF3N2. The first kappa shape index (κ1) is 15.0. The minimum Gasteiger partial charge on any atom is -0.365 e. The molecule has 2 saturated heterocycles. The van der Waals surface area contributed by atoms with Crippen LogP contribution in [-0.2, 0) is 6.18 Å². The van der Waals surface area contributed by atoms with Gasteiger partial charge in [-0.25, -0.2) is 0 Å². The third-order valence-electron chi connectivity index (χ3n) is 4.56. The zero-order valence-electron chi connectivity index (χ0n) is 11.5. The van der Waals surface area contributed by atoms with Crippen LogP contribution in [-0.4, -0.2) is 18.1 Å². The molecule has 1 aromatic carbocycles. The Bertz CT molecular complexity index is 518. The van der Waals surface area contributed by atoms with E-state index in [2.05, 4.69) is 4.90 Å². The molecule has 0 aliphatic carbocycles. The number of hydrogen-bond acceptors (Lipinski definition) is 2. The third kappa shape index (κ3) is 2.86. The lowest BCUT2D eigenvalue weighted by molar-refractivity contribution is -0.137. The molecule has 2 aliphatic rings. The maximum absolute atomic E-state index is 13.0. The van der Waals surface area contributed by atoms with E-state index in [1.165, 1.54) is 12.1 Å². The Labute approximate surface area is 127 Å². The van der Waals surface area contributed by atoms with E-state index in [9.17, 15) is 13.2 Å². The van der Waals surface area contributed by atoms with Gasteiger partial charge in [0.15, 0.2) is 0 Å². The maximum atomic E-state index is 13.0. The van der Waals surface area contributed by atoms with E-state index in [1.807, 2.05) is 0 Å². The van der Waals surface area contributed by atoms with Crippen LogP contribution in [0, 0.1) is 0 Å². The summed E-state index contributed by atoms with van der Waals surface area (Å²) >= 11 is 5.71. The number of alkyl halides is 3. The zero-order chi connectivity index (χ0) is 15.2. The number of nitrogens with two attached hydrogens (primary N) is 1. The van der Waals surface area contributed by atoms with Gasteiger partial charge in [0, 0.05) is 23.8 Å². The van der Waals surface area contributed by atoms with Crippen molar-refractivity contribution < 1.29 is 13.2 Å². The number of fused-ring (bicyclic) bond motifs is 2. The molecule has 2 nitrogen and oxygen atoms in total. The number of rotatable bonds is 1. The van der Waals surface area contributed by atoms with E-state index >= 15 is 0 Å². The average molecular weight is 319 g/mol. The van der Waals surface area contributed by atoms with E-state index in [1.54, 1.807) is 6.07 Å². The summed E-state index contributed by atoms with van der Waals surface area (Å²) < 4.78 is 39.1. The number of hydrogen-bond donors (Lipinski definition) is 1. The number of halogens is 4. The van der Waals surface area contributed by atoms with Crippen LogP contribution >= 0.6 is 11.6 Å². The monoisotopic (exact) mass is 318 g/mol. The summed E-state index contributed by atoms with van der Waals surface area (Å²) in [5, 5.41) is -0.245. The fourth-order valence-electron chi connectivity index (χ4n) is 3.74. The van der Waals surface area contributed by atoms with E-state index in [-0.39, 0.29) is 23.1 Å². The van der Waals surface area contributed by atoms with Crippen molar-refractivity contribution in [3.8, 4) is 0 Å². The SMILES string of the molecule is NC1CC2CCCC(C1)N2c1ccc(Cl)c(C(F)(F)F)c1. The average Bonchev–Trinajstić information content (AvgIpc) is 2.37. The molecule has 0 spiro atoms. The summed E-state index contributed by atoms with van der Waals surface area (Å²) in [6.45, 7) is 0. The van der Waals surface area contributed by atoms with Crippen molar-refractivity contribution in [1.29, 1.82) is 0 Å². The van der Waals surface area contributed by atoms with Crippen molar-refractivity contribution in [2.45, 2.75) is 56.4 Å². The second kappa shape index (κ2) is 5.36. The molecule has 2 unspecified atom stereocenters. The van der Waals surface area contributed by atoms with Gasteiger partial charge >= 0.3 is 6.18 Å². The molecule has 2 atom stereocenters. The van der Waals surface area contributed by atoms with Gasteiger partial charge in [-0.1, -0.05) is 11.6 Å². The summed E-state index contributed by atoms with van der Waals surface area (Å²) in [6.07, 6.45) is 0.385. The molecule has 0 saturated carbocycles. The standard InChI is InChI=1S/C15H18ClF3N2/c16-14-5-4-12(8-13(14)15(17,18)19)21-10-2-1-3-11(21)7-9(20)6-10/h4-5,8-11H,1-3,6-7,20H2. The largest absolute Gasteiger partial charge is 0.417 e. The minimum absolute atomic E-state index is 0.158. The van der Waals surface area contributed by atoms with Crippen LogP contribution in [0.1, 0.15) is 37.7 Å². The van der Waals surface area contributed by atoms with E-state index in [0.29, 0.717) is 5.69 Å². The maximum Gasteiger partial charge on any atom is 0.417 e. The second-order valence-electron chi connectivity index (χ2n) is 6.04. The molecule has 0 aromatic heterocycles. The van der Waals surface area contributed by atoms with Gasteiger partial charge in [0.2, 0.25) is 0 Å². The Morgan fingerprint density at radius 1 is 1.14 bits per heavy atom. The molecule has 2 fully saturated rings. The molecule has 2 N–H and O–H groups in total. The Kier molecular flexibility index (Phi) is 3.82. The summed E-state index contributed by atoms with van der Waals surface area (Å²) in [4.78, 5) is 2.14. The fourth-order valence-corrected chi connectivity index (χ4v) is 3.96. The van der Waals surface area contributed by atoms with Crippen LogP contribution in [0.2, 0.25) is 5.02 Å². The fraction of sp³-hybridized carbons (Fsp3) is 0.600. The second-order valence-corrected chi connectivity index (χ2v) is 6.45. The van der Waals surface area contributed by atoms with Gasteiger partial charge in [0.25, 0.3) is 0 Å². The van der Waals surface area contributed by atoms with E-state index < -0.39 is 11.7 Å². The highest BCUT2D eigenvalue weighted by atomic mass is 35.5. The molecule has 0 amide bonds. The third-order valence-corrected chi connectivity index (χ3v) is 4.89. The Morgan fingerprint density at radius 2 is 1.76 bits per heavy atom. The lowest BCUT2D eigenvalue weighted by Gasteiger charge is -2.49. The first-order valence-electron chi connectivity index (χ1n) is 7.27. The normalized spacial score (nSPS) is 29.6. The van der Waals surface area contributed by atoms with Crippen LogP contribution < -0.4 is 10.6 Å². The number of piperidine rings is 2. The minimum atomic E-state index is -4.42. The van der Waals surface area contributed by atoms with Crippen molar-refractivity contribution in [3.05, 3.63) is 28.8 Å². The summed E-state index contributed by atoms with van der Waals surface area (Å²) in [7, 11) is 0. The molecular weight excluding hydrogens is 301 g/mol. The lowest BCUT2D eigenvalue weighted by Crippen LogP contribution is -2.55. The van der Waals surface area contributed by atoms with Crippen molar-refractivity contribution in [1.82, 2.24) is 0 Å². The summed E-state index contributed by atoms with van der Waals surface area (Å²) in [5.41, 5.74) is 5.92. The molecule has 2 heterocycles. The number of anilines is 1. The van der Waals surface area contributed by atoms with Crippen molar-refractivity contribution in [2.24, 2.45) is 5.73 Å². The molecule has 2 aliphatic heterocycles. The molecule has 3 rings (SSSR count). The van der Waals surface area contributed by atoms with Crippen LogP contribution in [0.4, 0.5) is 18.9 Å². The predicted molar refractivity (Wildman–Crippen MR) is 77.6 cm³/mol. The highest BCUT2D eigenvalue weighted by Crippen LogP contribution is 2.41. The highest BCUT2D eigenvalue weighted by Gasteiger charge is 2.39. The molecule has 2 bridgehead atoms. The van der Waals surface area contributed by atoms with Gasteiger partial charge < -0.3 is 10.6 Å². The van der Waals surface area contributed by atoms with Crippen molar-refractivity contribution >= 4 is 17.3 Å². The summed E-state index contributed by atoms with van der Waals surface area (Å²) in [5.74, 6) is 0. The Balaban J connectivity index is 1.97. The van der Waals surface area contributed by atoms with Crippen LogP contribution in [0.25, 0.3) is 0 Å². The van der Waals surface area contributed by atoms with E-state index in [4.69, 9.17) is 17.3 Å². The van der Waals surface area contributed by atoms with Gasteiger partial charge in [-0.15, -0.1) is 0 Å². The van der Waals surface area contributed by atoms with Gasteiger partial charge in [-0.3, -0.25) is 0 Å². The van der Waals surface area contributed by atoms with Crippen LogP contribution in [0.5, 0.6) is 0 Å².